The van der Waals surface area contributed by atoms with Gasteiger partial charge >= 0.3 is 0 Å². The normalized spacial score (nSPS) is 10.8. The van der Waals surface area contributed by atoms with Crippen molar-refractivity contribution in [3.8, 4) is 22.8 Å². The van der Waals surface area contributed by atoms with E-state index in [1.165, 1.54) is 22.7 Å². The molecule has 0 atom stereocenters. The number of ether oxygens (including phenoxy) is 2. The van der Waals surface area contributed by atoms with Crippen LogP contribution in [-0.2, 0) is 6.61 Å². The first kappa shape index (κ1) is 22.9. The Hall–Kier alpha value is -3.23. The van der Waals surface area contributed by atoms with Gasteiger partial charge in [0.05, 0.1) is 18.0 Å². The zero-order valence-corrected chi connectivity index (χ0v) is 20.6. The van der Waals surface area contributed by atoms with E-state index in [1.54, 1.807) is 0 Å². The number of para-hydroxylation sites is 1. The minimum atomic E-state index is -0.220. The molecule has 0 saturated carbocycles. The Morgan fingerprint density at radius 2 is 1.85 bits per heavy atom. The van der Waals surface area contributed by atoms with Crippen LogP contribution in [0.1, 0.15) is 38.4 Å². The lowest BCUT2D eigenvalue weighted by Crippen LogP contribution is -2.11. The van der Waals surface area contributed by atoms with Crippen molar-refractivity contribution < 1.29 is 14.3 Å². The Bertz CT molecular complexity index is 1280. The van der Waals surface area contributed by atoms with E-state index in [1.807, 2.05) is 69.5 Å². The van der Waals surface area contributed by atoms with E-state index in [9.17, 15) is 4.79 Å². The molecule has 8 heteroatoms. The van der Waals surface area contributed by atoms with Crippen LogP contribution >= 0.6 is 22.7 Å². The molecule has 6 nitrogen and oxygen atoms in total. The summed E-state index contributed by atoms with van der Waals surface area (Å²) in [6.45, 7) is 8.71. The van der Waals surface area contributed by atoms with Gasteiger partial charge in [-0.2, -0.15) is 0 Å². The number of anilines is 1. The molecule has 33 heavy (non-hydrogen) atoms. The van der Waals surface area contributed by atoms with Crippen molar-refractivity contribution in [2.45, 2.75) is 34.3 Å². The van der Waals surface area contributed by atoms with E-state index >= 15 is 0 Å². The van der Waals surface area contributed by atoms with Crippen LogP contribution in [0.2, 0.25) is 0 Å². The Morgan fingerprint density at radius 3 is 2.67 bits per heavy atom. The molecule has 170 valence electrons. The zero-order valence-electron chi connectivity index (χ0n) is 19.0. The van der Waals surface area contributed by atoms with Gasteiger partial charge in [-0.1, -0.05) is 24.3 Å². The lowest BCUT2D eigenvalue weighted by Gasteiger charge is -2.08. The number of nitrogens with one attached hydrogen (secondary N) is 1. The van der Waals surface area contributed by atoms with Gasteiger partial charge in [0.25, 0.3) is 5.91 Å². The van der Waals surface area contributed by atoms with E-state index in [4.69, 9.17) is 9.47 Å². The zero-order chi connectivity index (χ0) is 23.4. The van der Waals surface area contributed by atoms with Crippen molar-refractivity contribution in [1.29, 1.82) is 0 Å². The van der Waals surface area contributed by atoms with Crippen molar-refractivity contribution >= 4 is 33.7 Å². The maximum absolute atomic E-state index is 12.9. The first-order valence-electron chi connectivity index (χ1n) is 10.6. The van der Waals surface area contributed by atoms with Crippen molar-refractivity contribution in [1.82, 2.24) is 9.97 Å². The second kappa shape index (κ2) is 10.1. The number of thiazole rings is 2. The van der Waals surface area contributed by atoms with Crippen LogP contribution in [0, 0.1) is 20.8 Å². The quantitative estimate of drug-likeness (QED) is 0.316. The average molecular weight is 480 g/mol. The Balaban J connectivity index is 1.44. The highest BCUT2D eigenvalue weighted by Gasteiger charge is 2.18. The minimum absolute atomic E-state index is 0.220. The van der Waals surface area contributed by atoms with E-state index in [2.05, 4.69) is 21.4 Å². The third kappa shape index (κ3) is 5.40. The maximum atomic E-state index is 12.9. The first-order chi connectivity index (χ1) is 15.9. The number of aromatic nitrogens is 2. The largest absolute Gasteiger partial charge is 0.493 e. The molecule has 1 N–H and O–H groups in total. The van der Waals surface area contributed by atoms with Crippen molar-refractivity contribution in [2.75, 3.05) is 11.9 Å². The van der Waals surface area contributed by atoms with Gasteiger partial charge in [-0.25, -0.2) is 9.97 Å². The van der Waals surface area contributed by atoms with Crippen LogP contribution < -0.4 is 14.8 Å². The highest BCUT2D eigenvalue weighted by atomic mass is 32.1. The third-order valence-electron chi connectivity index (χ3n) is 4.93. The molecule has 2 aromatic carbocycles. The molecule has 2 heterocycles. The number of nitrogens with zero attached hydrogens (tertiary/aromatic N) is 2. The Morgan fingerprint density at radius 1 is 1.03 bits per heavy atom. The van der Waals surface area contributed by atoms with Crippen molar-refractivity contribution in [3.05, 3.63) is 74.6 Å². The Kier molecular flexibility index (Phi) is 7.05. The predicted octanol–water partition coefficient (Wildman–Crippen LogP) is 6.42. The molecule has 0 radical (unpaired) electrons. The number of carbonyl (C=O) groups is 1. The average Bonchev–Trinajstić information content (AvgIpc) is 3.41. The number of benzene rings is 2. The Labute approximate surface area is 201 Å². The van der Waals surface area contributed by atoms with Crippen LogP contribution in [0.25, 0.3) is 11.3 Å². The van der Waals surface area contributed by atoms with Crippen molar-refractivity contribution in [2.24, 2.45) is 0 Å². The molecule has 0 aliphatic rings. The van der Waals surface area contributed by atoms with Crippen LogP contribution in [0.5, 0.6) is 11.5 Å². The summed E-state index contributed by atoms with van der Waals surface area (Å²) in [6, 6.07) is 13.8. The summed E-state index contributed by atoms with van der Waals surface area (Å²) >= 11 is 2.72. The SMILES string of the molecule is CCOc1ccccc1-c1csc(NC(=O)c2sc(COc3cc(C)ccc3C)nc2C)n1. The molecule has 2 aromatic heterocycles. The third-order valence-corrected chi connectivity index (χ3v) is 6.82. The predicted molar refractivity (Wildman–Crippen MR) is 134 cm³/mol. The molecule has 4 rings (SSSR count). The van der Waals surface area contributed by atoms with Gasteiger partial charge < -0.3 is 9.47 Å². The number of carbonyl (C=O) groups excluding carboxylic acids is 1. The van der Waals surface area contributed by atoms with E-state index in [0.717, 1.165) is 38.9 Å². The second-order valence-corrected chi connectivity index (χ2v) is 9.44. The molecule has 1 amide bonds. The molecule has 0 aliphatic heterocycles. The second-order valence-electron chi connectivity index (χ2n) is 7.50. The summed E-state index contributed by atoms with van der Waals surface area (Å²) in [5.41, 5.74) is 4.55. The number of amides is 1. The summed E-state index contributed by atoms with van der Waals surface area (Å²) in [6.07, 6.45) is 0. The first-order valence-corrected chi connectivity index (χ1v) is 12.3. The topological polar surface area (TPSA) is 73.3 Å². The van der Waals surface area contributed by atoms with Gasteiger partial charge in [-0.15, -0.1) is 22.7 Å². The lowest BCUT2D eigenvalue weighted by molar-refractivity contribution is 0.103. The smallest absolute Gasteiger partial charge is 0.269 e. The molecule has 0 unspecified atom stereocenters. The molecule has 4 aromatic rings. The van der Waals surface area contributed by atoms with Gasteiger partial charge in [0.2, 0.25) is 0 Å². The summed E-state index contributed by atoms with van der Waals surface area (Å²) in [7, 11) is 0. The fourth-order valence-electron chi connectivity index (χ4n) is 3.30. The minimum Gasteiger partial charge on any atom is -0.493 e. The van der Waals surface area contributed by atoms with Crippen LogP contribution in [0.4, 0.5) is 5.13 Å². The van der Waals surface area contributed by atoms with E-state index in [0.29, 0.717) is 28.9 Å². The van der Waals surface area contributed by atoms with Gasteiger partial charge in [-0.05, 0) is 57.0 Å². The molecule has 0 fully saturated rings. The molecule has 0 saturated heterocycles. The van der Waals surface area contributed by atoms with Gasteiger partial charge in [0.1, 0.15) is 28.0 Å². The monoisotopic (exact) mass is 479 g/mol. The van der Waals surface area contributed by atoms with Crippen LogP contribution in [0.3, 0.4) is 0 Å². The van der Waals surface area contributed by atoms with Gasteiger partial charge in [0.15, 0.2) is 5.13 Å². The number of hydrogen-bond acceptors (Lipinski definition) is 7. The van der Waals surface area contributed by atoms with Crippen molar-refractivity contribution in [3.63, 3.8) is 0 Å². The molecule has 0 aliphatic carbocycles. The molecule has 0 spiro atoms. The van der Waals surface area contributed by atoms with E-state index in [-0.39, 0.29) is 5.91 Å². The summed E-state index contributed by atoms with van der Waals surface area (Å²) in [5, 5.41) is 6.10. The van der Waals surface area contributed by atoms with Gasteiger partial charge in [-0.3, -0.25) is 10.1 Å². The van der Waals surface area contributed by atoms with Gasteiger partial charge in [0, 0.05) is 10.9 Å². The molecule has 0 bridgehead atoms. The number of hydrogen-bond donors (Lipinski definition) is 1. The highest BCUT2D eigenvalue weighted by molar-refractivity contribution is 7.15. The molecular formula is C25H25N3O3S2. The summed E-state index contributed by atoms with van der Waals surface area (Å²) in [4.78, 5) is 22.6. The summed E-state index contributed by atoms with van der Waals surface area (Å²) < 4.78 is 11.6. The highest BCUT2D eigenvalue weighted by Crippen LogP contribution is 2.32. The fourth-order valence-corrected chi connectivity index (χ4v) is 4.87. The fraction of sp³-hybridized carbons (Fsp3) is 0.240. The van der Waals surface area contributed by atoms with Crippen LogP contribution in [0.15, 0.2) is 47.8 Å². The lowest BCUT2D eigenvalue weighted by atomic mass is 10.1. The number of aryl methyl sites for hydroxylation is 3. The van der Waals surface area contributed by atoms with Crippen LogP contribution in [-0.4, -0.2) is 22.5 Å². The van der Waals surface area contributed by atoms with E-state index < -0.39 is 0 Å². The standard InChI is InChI=1S/C25H25N3O3S2/c1-5-30-20-9-7-6-8-18(20)19-14-32-25(27-19)28-24(29)23-17(4)26-22(33-23)13-31-21-12-15(2)10-11-16(21)3/h6-12,14H,5,13H2,1-4H3,(H,27,28,29). The summed E-state index contributed by atoms with van der Waals surface area (Å²) in [5.74, 6) is 1.38. The maximum Gasteiger partial charge on any atom is 0.269 e. The molecular weight excluding hydrogens is 454 g/mol. The number of rotatable bonds is 8.